The Bertz CT molecular complexity index is 271. The van der Waals surface area contributed by atoms with Gasteiger partial charge in [0.05, 0.1) is 6.54 Å². The summed E-state index contributed by atoms with van der Waals surface area (Å²) >= 11 is 0. The van der Waals surface area contributed by atoms with E-state index in [2.05, 4.69) is 6.58 Å². The van der Waals surface area contributed by atoms with Crippen LogP contribution in [0.1, 0.15) is 6.42 Å². The van der Waals surface area contributed by atoms with E-state index in [1.807, 2.05) is 6.08 Å². The summed E-state index contributed by atoms with van der Waals surface area (Å²) in [6.45, 7) is 4.60. The van der Waals surface area contributed by atoms with Crippen molar-refractivity contribution in [3.8, 4) is 0 Å². The maximum atomic E-state index is 11.3. The topological polar surface area (TPSA) is 46.6 Å². The lowest BCUT2D eigenvalue weighted by molar-refractivity contribution is -0.105. The molecule has 1 aliphatic rings. The van der Waals surface area contributed by atoms with E-state index < -0.39 is 6.09 Å². The number of ether oxygens (including phenoxy) is 1. The highest BCUT2D eigenvalue weighted by atomic mass is 16.6. The van der Waals surface area contributed by atoms with Gasteiger partial charge in [0.25, 0.3) is 0 Å². The molecule has 4 heteroatoms. The maximum Gasteiger partial charge on any atom is 0.410 e. The van der Waals surface area contributed by atoms with Crippen molar-refractivity contribution in [2.24, 2.45) is 0 Å². The summed E-state index contributed by atoms with van der Waals surface area (Å²) in [5.41, 5.74) is 0.631. The van der Waals surface area contributed by atoms with Gasteiger partial charge in [-0.3, -0.25) is 4.79 Å². The first-order valence-corrected chi connectivity index (χ1v) is 4.44. The highest BCUT2D eigenvalue weighted by Gasteiger charge is 2.18. The Hall–Kier alpha value is -1.58. The largest absolute Gasteiger partial charge is 0.445 e. The molecule has 14 heavy (non-hydrogen) atoms. The molecule has 76 valence electrons. The highest BCUT2D eigenvalue weighted by molar-refractivity contribution is 5.77. The number of rotatable bonds is 3. The number of carbonyl (C=O) groups excluding carboxylic acids is 2. The van der Waals surface area contributed by atoms with E-state index in [0.717, 1.165) is 6.29 Å². The molecule has 0 aliphatic carbocycles. The molecule has 1 rings (SSSR count). The Kier molecular flexibility index (Phi) is 3.91. The molecular formula is C10H13NO3. The predicted molar refractivity (Wildman–Crippen MR) is 51.9 cm³/mol. The van der Waals surface area contributed by atoms with Crippen LogP contribution in [0.3, 0.4) is 0 Å². The average molecular weight is 195 g/mol. The molecule has 0 spiro atoms. The molecule has 0 fully saturated rings. The summed E-state index contributed by atoms with van der Waals surface area (Å²) in [6, 6.07) is 0. The zero-order valence-electron chi connectivity index (χ0n) is 7.94. The summed E-state index contributed by atoms with van der Waals surface area (Å²) < 4.78 is 4.85. The molecule has 0 atom stereocenters. The molecule has 0 radical (unpaired) electrons. The normalized spacial score (nSPS) is 15.7. The first kappa shape index (κ1) is 10.5. The van der Waals surface area contributed by atoms with Gasteiger partial charge in [-0.2, -0.15) is 0 Å². The van der Waals surface area contributed by atoms with Crippen molar-refractivity contribution in [2.45, 2.75) is 6.42 Å². The van der Waals surface area contributed by atoms with E-state index in [0.29, 0.717) is 25.1 Å². The summed E-state index contributed by atoms with van der Waals surface area (Å²) in [5.74, 6) is 0. The van der Waals surface area contributed by atoms with E-state index in [1.54, 1.807) is 0 Å². The highest BCUT2D eigenvalue weighted by Crippen LogP contribution is 2.08. The Morgan fingerprint density at radius 1 is 1.71 bits per heavy atom. The maximum absolute atomic E-state index is 11.3. The van der Waals surface area contributed by atoms with Crippen molar-refractivity contribution < 1.29 is 14.3 Å². The molecule has 0 bridgehead atoms. The quantitative estimate of drug-likeness (QED) is 0.501. The fraction of sp³-hybridized carbons (Fsp3) is 0.400. The van der Waals surface area contributed by atoms with Gasteiger partial charge in [-0.1, -0.05) is 18.7 Å². The molecule has 0 unspecified atom stereocenters. The van der Waals surface area contributed by atoms with Crippen molar-refractivity contribution >= 4 is 12.4 Å². The monoisotopic (exact) mass is 195 g/mol. The van der Waals surface area contributed by atoms with E-state index in [-0.39, 0.29) is 6.61 Å². The minimum absolute atomic E-state index is 0.204. The molecule has 0 aromatic carbocycles. The third-order valence-electron chi connectivity index (χ3n) is 1.91. The van der Waals surface area contributed by atoms with Crippen LogP contribution in [0.15, 0.2) is 24.3 Å². The number of nitrogens with zero attached hydrogens (tertiary/aromatic N) is 1. The minimum atomic E-state index is -0.391. The Labute approximate surface area is 82.8 Å². The smallest absolute Gasteiger partial charge is 0.410 e. The van der Waals surface area contributed by atoms with Crippen LogP contribution in [0.25, 0.3) is 0 Å². The molecule has 0 aromatic heterocycles. The summed E-state index contributed by atoms with van der Waals surface area (Å²) in [5, 5.41) is 0. The molecular weight excluding hydrogens is 182 g/mol. The number of carbonyl (C=O) groups is 2. The molecule has 0 aromatic rings. The lowest BCUT2D eigenvalue weighted by atomic mass is 10.1. The van der Waals surface area contributed by atoms with Crippen LogP contribution in [0.4, 0.5) is 4.79 Å². The standard InChI is InChI=1S/C10H13NO3/c1-2-6-14-10(13)11-5-3-4-9(7-11)8-12/h2,4,8H,1,3,5-7H2. The van der Waals surface area contributed by atoms with Gasteiger partial charge in [0, 0.05) is 12.1 Å². The van der Waals surface area contributed by atoms with E-state index in [9.17, 15) is 9.59 Å². The second-order valence-corrected chi connectivity index (χ2v) is 2.97. The van der Waals surface area contributed by atoms with Gasteiger partial charge < -0.3 is 9.64 Å². The summed E-state index contributed by atoms with van der Waals surface area (Å²) in [6.07, 6.45) is 4.43. The first-order valence-electron chi connectivity index (χ1n) is 4.44. The Morgan fingerprint density at radius 3 is 3.14 bits per heavy atom. The molecule has 1 aliphatic heterocycles. The van der Waals surface area contributed by atoms with E-state index in [1.165, 1.54) is 11.0 Å². The van der Waals surface area contributed by atoms with E-state index in [4.69, 9.17) is 4.74 Å². The van der Waals surface area contributed by atoms with Crippen LogP contribution < -0.4 is 0 Å². The lowest BCUT2D eigenvalue weighted by Gasteiger charge is -2.24. The Balaban J connectivity index is 2.46. The van der Waals surface area contributed by atoms with Crippen LogP contribution in [0.2, 0.25) is 0 Å². The van der Waals surface area contributed by atoms with Crippen LogP contribution in [0.5, 0.6) is 0 Å². The molecule has 1 amide bonds. The minimum Gasteiger partial charge on any atom is -0.445 e. The number of amides is 1. The number of hydrogen-bond donors (Lipinski definition) is 0. The van der Waals surface area contributed by atoms with Crippen LogP contribution in [-0.2, 0) is 9.53 Å². The third kappa shape index (κ3) is 2.73. The molecule has 0 saturated carbocycles. The zero-order chi connectivity index (χ0) is 10.4. The van der Waals surface area contributed by atoms with Crippen molar-refractivity contribution in [2.75, 3.05) is 19.7 Å². The van der Waals surface area contributed by atoms with Crippen LogP contribution >= 0.6 is 0 Å². The summed E-state index contributed by atoms with van der Waals surface area (Å²) in [7, 11) is 0. The van der Waals surface area contributed by atoms with Gasteiger partial charge in [0.15, 0.2) is 0 Å². The van der Waals surface area contributed by atoms with Gasteiger partial charge in [-0.25, -0.2) is 4.79 Å². The van der Waals surface area contributed by atoms with Gasteiger partial charge in [-0.15, -0.1) is 0 Å². The van der Waals surface area contributed by atoms with Gasteiger partial charge >= 0.3 is 6.09 Å². The van der Waals surface area contributed by atoms with Crippen molar-refractivity contribution in [3.63, 3.8) is 0 Å². The second-order valence-electron chi connectivity index (χ2n) is 2.97. The van der Waals surface area contributed by atoms with Gasteiger partial charge in [-0.05, 0) is 6.42 Å². The molecule has 0 saturated heterocycles. The van der Waals surface area contributed by atoms with Crippen molar-refractivity contribution in [1.29, 1.82) is 0 Å². The summed E-state index contributed by atoms with van der Waals surface area (Å²) in [4.78, 5) is 23.3. The predicted octanol–water partition coefficient (Wildman–Crippen LogP) is 1.14. The fourth-order valence-electron chi connectivity index (χ4n) is 1.23. The fourth-order valence-corrected chi connectivity index (χ4v) is 1.23. The van der Waals surface area contributed by atoms with Crippen LogP contribution in [0, 0.1) is 0 Å². The molecule has 0 N–H and O–H groups in total. The molecule has 4 nitrogen and oxygen atoms in total. The third-order valence-corrected chi connectivity index (χ3v) is 1.91. The van der Waals surface area contributed by atoms with Gasteiger partial charge in [0.2, 0.25) is 0 Å². The first-order chi connectivity index (χ1) is 6.77. The van der Waals surface area contributed by atoms with Crippen LogP contribution in [-0.4, -0.2) is 37.0 Å². The second kappa shape index (κ2) is 5.21. The van der Waals surface area contributed by atoms with Crippen molar-refractivity contribution in [3.05, 3.63) is 24.3 Å². The molecule has 1 heterocycles. The zero-order valence-corrected chi connectivity index (χ0v) is 7.94. The van der Waals surface area contributed by atoms with Crippen molar-refractivity contribution in [1.82, 2.24) is 4.90 Å². The Morgan fingerprint density at radius 2 is 2.50 bits per heavy atom. The SMILES string of the molecule is C=CCOC(=O)N1CCC=C(C=O)C1. The average Bonchev–Trinajstić information content (AvgIpc) is 2.26. The van der Waals surface area contributed by atoms with E-state index >= 15 is 0 Å². The lowest BCUT2D eigenvalue weighted by Crippen LogP contribution is -2.36. The number of hydrogen-bond acceptors (Lipinski definition) is 3. The van der Waals surface area contributed by atoms with Gasteiger partial charge in [0.1, 0.15) is 12.9 Å². The number of aldehydes is 1.